The Morgan fingerprint density at radius 1 is 1.32 bits per heavy atom. The molecule has 6 nitrogen and oxygen atoms in total. The maximum absolute atomic E-state index is 12.6. The third-order valence-electron chi connectivity index (χ3n) is 5.00. The lowest BCUT2D eigenvalue weighted by Crippen LogP contribution is -2.49. The first-order valence-electron chi connectivity index (χ1n) is 8.73. The van der Waals surface area contributed by atoms with Crippen LogP contribution in [-0.4, -0.2) is 36.1 Å². The number of aryl methyl sites for hydroxylation is 1. The summed E-state index contributed by atoms with van der Waals surface area (Å²) >= 11 is 1.65. The van der Waals surface area contributed by atoms with Gasteiger partial charge >= 0.3 is 0 Å². The standard InChI is InChI=1S/C18H23N5OS/c1-11-15(25-18(21-11)12-5-3-2-4-6-12)10-20-17(24)16-13-9-19-8-7-14(13)22-23-16/h2-6,13-14,16,19,22-23H,7-10H2,1H3,(H,20,24). The Kier molecular flexibility index (Phi) is 4.80. The molecule has 2 fully saturated rings. The number of rotatable bonds is 4. The van der Waals surface area contributed by atoms with Crippen molar-refractivity contribution in [2.75, 3.05) is 13.1 Å². The molecular formula is C18H23N5OS. The summed E-state index contributed by atoms with van der Waals surface area (Å²) in [5.74, 6) is 0.356. The van der Waals surface area contributed by atoms with E-state index in [0.717, 1.165) is 40.7 Å². The summed E-state index contributed by atoms with van der Waals surface area (Å²) in [5.41, 5.74) is 8.53. The number of hydrogen-bond acceptors (Lipinski definition) is 6. The Balaban J connectivity index is 1.40. The van der Waals surface area contributed by atoms with Crippen molar-refractivity contribution in [3.63, 3.8) is 0 Å². The second-order valence-corrected chi connectivity index (χ2v) is 7.72. The first kappa shape index (κ1) is 16.7. The fourth-order valence-corrected chi connectivity index (χ4v) is 4.56. The second-order valence-electron chi connectivity index (χ2n) is 6.64. The van der Waals surface area contributed by atoms with E-state index in [2.05, 4.69) is 38.6 Å². The molecular weight excluding hydrogens is 334 g/mol. The molecule has 0 saturated carbocycles. The van der Waals surface area contributed by atoms with Crippen molar-refractivity contribution in [3.8, 4) is 10.6 Å². The molecule has 0 spiro atoms. The highest BCUT2D eigenvalue weighted by atomic mass is 32.1. The number of benzene rings is 1. The van der Waals surface area contributed by atoms with E-state index in [1.54, 1.807) is 11.3 Å². The molecule has 7 heteroatoms. The molecule has 2 aromatic rings. The van der Waals surface area contributed by atoms with Gasteiger partial charge in [-0.2, -0.15) is 0 Å². The number of piperidine rings is 1. The first-order valence-corrected chi connectivity index (χ1v) is 9.55. The van der Waals surface area contributed by atoms with Crippen molar-refractivity contribution in [1.29, 1.82) is 0 Å². The Morgan fingerprint density at radius 2 is 2.16 bits per heavy atom. The van der Waals surface area contributed by atoms with Crippen molar-refractivity contribution in [3.05, 3.63) is 40.9 Å². The lowest BCUT2D eigenvalue weighted by atomic mass is 9.89. The van der Waals surface area contributed by atoms with Crippen LogP contribution < -0.4 is 21.5 Å². The number of carbonyl (C=O) groups excluding carboxylic acids is 1. The number of amides is 1. The summed E-state index contributed by atoms with van der Waals surface area (Å²) in [6.45, 7) is 4.41. The number of nitrogens with zero attached hydrogens (tertiary/aromatic N) is 1. The molecule has 132 valence electrons. The number of thiazole rings is 1. The van der Waals surface area contributed by atoms with Gasteiger partial charge in [-0.1, -0.05) is 30.3 Å². The van der Waals surface area contributed by atoms with Gasteiger partial charge in [0.05, 0.1) is 12.2 Å². The second kappa shape index (κ2) is 7.21. The number of nitrogens with one attached hydrogen (secondary N) is 4. The molecule has 1 aromatic heterocycles. The van der Waals surface area contributed by atoms with Crippen LogP contribution >= 0.6 is 11.3 Å². The van der Waals surface area contributed by atoms with E-state index in [1.165, 1.54) is 0 Å². The number of hydrazine groups is 1. The molecule has 3 unspecified atom stereocenters. The van der Waals surface area contributed by atoms with Gasteiger partial charge in [0, 0.05) is 28.9 Å². The molecule has 4 N–H and O–H groups in total. The third kappa shape index (κ3) is 3.46. The van der Waals surface area contributed by atoms with Gasteiger partial charge in [-0.25, -0.2) is 10.4 Å². The zero-order valence-corrected chi connectivity index (χ0v) is 15.0. The largest absolute Gasteiger partial charge is 0.350 e. The highest BCUT2D eigenvalue weighted by molar-refractivity contribution is 7.15. The molecule has 1 amide bonds. The fraction of sp³-hybridized carbons (Fsp3) is 0.444. The third-order valence-corrected chi connectivity index (χ3v) is 6.21. The number of fused-ring (bicyclic) bond motifs is 1. The predicted molar refractivity (Wildman–Crippen MR) is 99.0 cm³/mol. The lowest BCUT2D eigenvalue weighted by molar-refractivity contribution is -0.124. The van der Waals surface area contributed by atoms with E-state index in [0.29, 0.717) is 18.5 Å². The van der Waals surface area contributed by atoms with Crippen molar-refractivity contribution in [1.82, 2.24) is 26.5 Å². The fourth-order valence-electron chi connectivity index (χ4n) is 3.55. The van der Waals surface area contributed by atoms with E-state index in [9.17, 15) is 4.79 Å². The Morgan fingerprint density at radius 3 is 3.00 bits per heavy atom. The topological polar surface area (TPSA) is 78.1 Å². The van der Waals surface area contributed by atoms with Crippen LogP contribution in [0.3, 0.4) is 0 Å². The average molecular weight is 357 g/mol. The summed E-state index contributed by atoms with van der Waals surface area (Å²) in [6.07, 6.45) is 1.05. The van der Waals surface area contributed by atoms with Gasteiger partial charge in [-0.05, 0) is 19.9 Å². The van der Waals surface area contributed by atoms with Crippen LogP contribution in [0.5, 0.6) is 0 Å². The monoisotopic (exact) mass is 357 g/mol. The smallest absolute Gasteiger partial charge is 0.239 e. The molecule has 0 radical (unpaired) electrons. The summed E-state index contributed by atoms with van der Waals surface area (Å²) in [7, 11) is 0. The van der Waals surface area contributed by atoms with Gasteiger partial charge < -0.3 is 10.6 Å². The number of hydrogen-bond donors (Lipinski definition) is 4. The molecule has 1 aromatic carbocycles. The molecule has 25 heavy (non-hydrogen) atoms. The van der Waals surface area contributed by atoms with Crippen molar-refractivity contribution in [2.45, 2.75) is 32.0 Å². The molecule has 2 aliphatic rings. The summed E-state index contributed by atoms with van der Waals surface area (Å²) in [5, 5.41) is 7.46. The molecule has 3 heterocycles. The van der Waals surface area contributed by atoms with Crippen molar-refractivity contribution < 1.29 is 4.79 Å². The van der Waals surface area contributed by atoms with Gasteiger partial charge in [-0.3, -0.25) is 10.2 Å². The van der Waals surface area contributed by atoms with E-state index in [1.807, 2.05) is 25.1 Å². The van der Waals surface area contributed by atoms with Crippen LogP contribution in [0.15, 0.2) is 30.3 Å². The lowest BCUT2D eigenvalue weighted by Gasteiger charge is -2.27. The molecule has 2 saturated heterocycles. The van der Waals surface area contributed by atoms with Crippen molar-refractivity contribution in [2.24, 2.45) is 5.92 Å². The number of aromatic nitrogens is 1. The number of carbonyl (C=O) groups is 1. The Hall–Kier alpha value is -1.80. The zero-order chi connectivity index (χ0) is 17.2. The quantitative estimate of drug-likeness (QED) is 0.661. The average Bonchev–Trinajstić information content (AvgIpc) is 3.24. The minimum atomic E-state index is -0.181. The molecule has 3 atom stereocenters. The Labute approximate surface area is 151 Å². The van der Waals surface area contributed by atoms with Gasteiger partial charge in [0.2, 0.25) is 5.91 Å². The van der Waals surface area contributed by atoms with Crippen LogP contribution in [0.4, 0.5) is 0 Å². The highest BCUT2D eigenvalue weighted by Gasteiger charge is 2.40. The minimum Gasteiger partial charge on any atom is -0.350 e. The van der Waals surface area contributed by atoms with Crippen LogP contribution in [0.25, 0.3) is 10.6 Å². The maximum atomic E-state index is 12.6. The minimum absolute atomic E-state index is 0.0535. The van der Waals surface area contributed by atoms with Gasteiger partial charge in [0.25, 0.3) is 0 Å². The summed E-state index contributed by atoms with van der Waals surface area (Å²) in [4.78, 5) is 18.4. The normalized spacial score (nSPS) is 25.6. The maximum Gasteiger partial charge on any atom is 0.239 e. The molecule has 0 bridgehead atoms. The highest BCUT2D eigenvalue weighted by Crippen LogP contribution is 2.27. The van der Waals surface area contributed by atoms with E-state index >= 15 is 0 Å². The van der Waals surface area contributed by atoms with Gasteiger partial charge in [0.1, 0.15) is 11.0 Å². The molecule has 0 aliphatic carbocycles. The van der Waals surface area contributed by atoms with E-state index in [4.69, 9.17) is 0 Å². The van der Waals surface area contributed by atoms with Crippen LogP contribution in [0, 0.1) is 12.8 Å². The predicted octanol–water partition coefficient (Wildman–Crippen LogP) is 1.19. The molecule has 4 rings (SSSR count). The Bertz CT molecular complexity index is 747. The SMILES string of the molecule is Cc1nc(-c2ccccc2)sc1CNC(=O)C1NNC2CCNCC21. The van der Waals surface area contributed by atoms with Gasteiger partial charge in [-0.15, -0.1) is 11.3 Å². The van der Waals surface area contributed by atoms with Crippen LogP contribution in [0.2, 0.25) is 0 Å². The summed E-state index contributed by atoms with van der Waals surface area (Å²) < 4.78 is 0. The first-order chi connectivity index (χ1) is 12.2. The van der Waals surface area contributed by atoms with Crippen molar-refractivity contribution >= 4 is 17.2 Å². The van der Waals surface area contributed by atoms with E-state index in [-0.39, 0.29) is 11.9 Å². The summed E-state index contributed by atoms with van der Waals surface area (Å²) in [6, 6.07) is 10.4. The molecule has 2 aliphatic heterocycles. The van der Waals surface area contributed by atoms with E-state index < -0.39 is 0 Å². The van der Waals surface area contributed by atoms with Crippen LogP contribution in [0.1, 0.15) is 17.0 Å². The zero-order valence-electron chi connectivity index (χ0n) is 14.2. The van der Waals surface area contributed by atoms with Gasteiger partial charge in [0.15, 0.2) is 0 Å². The van der Waals surface area contributed by atoms with Crippen LogP contribution in [-0.2, 0) is 11.3 Å².